The highest BCUT2D eigenvalue weighted by Crippen LogP contribution is 2.18. The van der Waals surface area contributed by atoms with Gasteiger partial charge in [-0.2, -0.15) is 10.2 Å². The summed E-state index contributed by atoms with van der Waals surface area (Å²) in [6.45, 7) is 7.66. The Hall–Kier alpha value is -3.58. The Bertz CT molecular complexity index is 1170. The normalized spacial score (nSPS) is 11.0. The third kappa shape index (κ3) is 15.4. The highest BCUT2D eigenvalue weighted by Gasteiger charge is 2.06. The van der Waals surface area contributed by atoms with Crippen LogP contribution >= 0.6 is 24.8 Å². The molecule has 42 heavy (non-hydrogen) atoms. The zero-order valence-electron chi connectivity index (χ0n) is 23.9. The van der Waals surface area contributed by atoms with Crippen LogP contribution in [0.4, 0.5) is 0 Å². The molecule has 12 nitrogen and oxygen atoms in total. The minimum Gasteiger partial charge on any atom is -0.508 e. The summed E-state index contributed by atoms with van der Waals surface area (Å²) in [5.41, 5.74) is 0. The van der Waals surface area contributed by atoms with E-state index in [1.54, 1.807) is 46.3 Å². The van der Waals surface area contributed by atoms with Crippen LogP contribution in [-0.2, 0) is 13.1 Å². The minimum atomic E-state index is -0.528. The lowest BCUT2D eigenvalue weighted by atomic mass is 10.3. The molecular formula is C28H41Cl2N7O5. The number of aliphatic hydroxyl groups excluding tert-OH is 1. The van der Waals surface area contributed by atoms with Crippen molar-refractivity contribution in [3.8, 4) is 23.0 Å². The van der Waals surface area contributed by atoms with Gasteiger partial charge in [0.15, 0.2) is 0 Å². The summed E-state index contributed by atoms with van der Waals surface area (Å²) in [6, 6.07) is 14.5. The second-order valence-corrected chi connectivity index (χ2v) is 9.21. The van der Waals surface area contributed by atoms with Crippen LogP contribution in [0, 0.1) is 0 Å². The van der Waals surface area contributed by atoms with Gasteiger partial charge in [-0.1, -0.05) is 13.8 Å². The molecule has 2 heterocycles. The number of aryl methyl sites for hydroxylation is 2. The maximum absolute atomic E-state index is 9.81. The van der Waals surface area contributed by atoms with Crippen LogP contribution in [0.1, 0.15) is 26.7 Å². The fraction of sp³-hybridized carbons (Fsp3) is 0.429. The maximum Gasteiger partial charge on any atom is 0.137 e. The van der Waals surface area contributed by atoms with E-state index in [-0.39, 0.29) is 37.2 Å². The van der Waals surface area contributed by atoms with Gasteiger partial charge in [-0.05, 0) is 48.5 Å². The van der Waals surface area contributed by atoms with Gasteiger partial charge in [0.1, 0.15) is 61.0 Å². The fourth-order valence-corrected chi connectivity index (χ4v) is 3.33. The quantitative estimate of drug-likeness (QED) is 0.157. The highest BCUT2D eigenvalue weighted by molar-refractivity contribution is 5.85. The van der Waals surface area contributed by atoms with Crippen LogP contribution in [0.2, 0.25) is 0 Å². The average molecular weight is 627 g/mol. The largest absolute Gasteiger partial charge is 0.508 e. The standard InChI is InChI=1S/C17H26N4O3.C11H13N3O2.2ClH/c1-14(2)19-10-15(22)11-24-17-6-4-16(5-7-17)23-9-3-8-21-13-18-12-20-21;15-10-2-4-11(5-3-10)16-7-1-6-14-9-12-8-13-14;;/h4-7,12-15,19,22H,3,8-11H2,1-2H3;2-5,8-9,15H,1,6-7H2;2*1H. The van der Waals surface area contributed by atoms with Crippen molar-refractivity contribution in [3.63, 3.8) is 0 Å². The van der Waals surface area contributed by atoms with E-state index in [2.05, 4.69) is 25.5 Å². The lowest BCUT2D eigenvalue weighted by molar-refractivity contribution is 0.104. The van der Waals surface area contributed by atoms with E-state index in [9.17, 15) is 5.11 Å². The third-order valence-corrected chi connectivity index (χ3v) is 5.40. The number of phenolic OH excluding ortho intramolecular Hbond substituents is 1. The van der Waals surface area contributed by atoms with Crippen LogP contribution in [0.15, 0.2) is 73.8 Å². The van der Waals surface area contributed by atoms with Gasteiger partial charge >= 0.3 is 0 Å². The molecule has 1 unspecified atom stereocenters. The van der Waals surface area contributed by atoms with E-state index < -0.39 is 6.10 Å². The third-order valence-electron chi connectivity index (χ3n) is 5.40. The predicted molar refractivity (Wildman–Crippen MR) is 164 cm³/mol. The van der Waals surface area contributed by atoms with Gasteiger partial charge in [-0.15, -0.1) is 24.8 Å². The molecule has 0 aliphatic rings. The monoisotopic (exact) mass is 625 g/mol. The van der Waals surface area contributed by atoms with E-state index in [1.165, 1.54) is 12.7 Å². The molecule has 0 spiro atoms. The van der Waals surface area contributed by atoms with Crippen molar-refractivity contribution in [2.24, 2.45) is 0 Å². The molecule has 0 amide bonds. The number of rotatable bonds is 16. The van der Waals surface area contributed by atoms with Crippen molar-refractivity contribution in [2.75, 3.05) is 26.4 Å². The Kier molecular flexibility index (Phi) is 18.4. The van der Waals surface area contributed by atoms with E-state index in [4.69, 9.17) is 19.3 Å². The SMILES string of the molecule is CC(C)NCC(O)COc1ccc(OCCCn2cncn2)cc1.Cl.Cl.Oc1ccc(OCCCn2cncn2)cc1. The number of ether oxygens (including phenoxy) is 3. The van der Waals surface area contributed by atoms with Crippen LogP contribution in [0.25, 0.3) is 0 Å². The molecule has 2 aromatic heterocycles. The van der Waals surface area contributed by atoms with Gasteiger partial charge < -0.3 is 29.7 Å². The van der Waals surface area contributed by atoms with E-state index in [1.807, 2.05) is 38.1 Å². The number of hydrogen-bond acceptors (Lipinski definition) is 10. The molecule has 232 valence electrons. The topological polar surface area (TPSA) is 142 Å². The number of nitrogens with zero attached hydrogens (tertiary/aromatic N) is 6. The lowest BCUT2D eigenvalue weighted by Crippen LogP contribution is -2.35. The molecule has 1 atom stereocenters. The van der Waals surface area contributed by atoms with Crippen LogP contribution in [0.3, 0.4) is 0 Å². The smallest absolute Gasteiger partial charge is 0.137 e. The molecule has 14 heteroatoms. The molecule has 0 aliphatic heterocycles. The van der Waals surface area contributed by atoms with Gasteiger partial charge in [-0.3, -0.25) is 9.36 Å². The molecule has 0 bridgehead atoms. The van der Waals surface area contributed by atoms with Gasteiger partial charge in [0.05, 0.1) is 13.2 Å². The average Bonchev–Trinajstić information content (AvgIpc) is 3.68. The van der Waals surface area contributed by atoms with Crippen LogP contribution in [-0.4, -0.2) is 78.3 Å². The number of aliphatic hydroxyl groups is 1. The summed E-state index contributed by atoms with van der Waals surface area (Å²) < 4.78 is 20.3. The Morgan fingerprint density at radius 2 is 1.19 bits per heavy atom. The van der Waals surface area contributed by atoms with Crippen LogP contribution in [0.5, 0.6) is 23.0 Å². The minimum absolute atomic E-state index is 0. The van der Waals surface area contributed by atoms with E-state index >= 15 is 0 Å². The molecule has 0 aliphatic carbocycles. The molecule has 2 aromatic carbocycles. The van der Waals surface area contributed by atoms with Crippen molar-refractivity contribution in [2.45, 2.75) is 51.9 Å². The molecular weight excluding hydrogens is 585 g/mol. The maximum atomic E-state index is 9.81. The number of aromatic hydroxyl groups is 1. The molecule has 0 fully saturated rings. The number of phenols is 1. The van der Waals surface area contributed by atoms with Gasteiger partial charge in [0, 0.05) is 38.5 Å². The van der Waals surface area contributed by atoms with Crippen LogP contribution < -0.4 is 19.5 Å². The number of benzene rings is 2. The molecule has 0 saturated heterocycles. The first kappa shape index (κ1) is 36.4. The van der Waals surface area contributed by atoms with Crippen molar-refractivity contribution in [1.82, 2.24) is 34.8 Å². The highest BCUT2D eigenvalue weighted by atomic mass is 35.5. The molecule has 0 radical (unpaired) electrons. The van der Waals surface area contributed by atoms with Gasteiger partial charge in [0.2, 0.25) is 0 Å². The van der Waals surface area contributed by atoms with Crippen molar-refractivity contribution in [1.29, 1.82) is 0 Å². The fourth-order valence-electron chi connectivity index (χ4n) is 3.33. The number of nitrogens with one attached hydrogen (secondary N) is 1. The van der Waals surface area contributed by atoms with E-state index in [0.29, 0.717) is 31.5 Å². The molecule has 0 saturated carbocycles. The van der Waals surface area contributed by atoms with Crippen molar-refractivity contribution < 1.29 is 24.4 Å². The van der Waals surface area contributed by atoms with Crippen molar-refractivity contribution in [3.05, 3.63) is 73.8 Å². The first-order chi connectivity index (χ1) is 19.5. The summed E-state index contributed by atoms with van der Waals surface area (Å²) in [7, 11) is 0. The van der Waals surface area contributed by atoms with Gasteiger partial charge in [0.25, 0.3) is 0 Å². The number of halogens is 2. The summed E-state index contributed by atoms with van der Waals surface area (Å²) in [6.07, 6.45) is 7.61. The van der Waals surface area contributed by atoms with E-state index in [0.717, 1.165) is 37.4 Å². The number of aromatic nitrogens is 6. The molecule has 4 aromatic rings. The van der Waals surface area contributed by atoms with Gasteiger partial charge in [-0.25, -0.2) is 9.97 Å². The molecule has 3 N–H and O–H groups in total. The molecule has 4 rings (SSSR count). The number of hydrogen-bond donors (Lipinski definition) is 3. The first-order valence-electron chi connectivity index (χ1n) is 13.3. The zero-order chi connectivity index (χ0) is 28.4. The lowest BCUT2D eigenvalue weighted by Gasteiger charge is -2.15. The Balaban J connectivity index is 0.000000429. The summed E-state index contributed by atoms with van der Waals surface area (Å²) in [5, 5.41) is 30.1. The summed E-state index contributed by atoms with van der Waals surface area (Å²) in [4.78, 5) is 7.75. The zero-order valence-corrected chi connectivity index (χ0v) is 25.5. The predicted octanol–water partition coefficient (Wildman–Crippen LogP) is 3.78. The Morgan fingerprint density at radius 3 is 1.62 bits per heavy atom. The van der Waals surface area contributed by atoms with Crippen molar-refractivity contribution >= 4 is 24.8 Å². The first-order valence-corrected chi connectivity index (χ1v) is 13.3. The second-order valence-electron chi connectivity index (χ2n) is 9.21. The summed E-state index contributed by atoms with van der Waals surface area (Å²) in [5.74, 6) is 2.52. The Morgan fingerprint density at radius 1 is 0.738 bits per heavy atom. The summed E-state index contributed by atoms with van der Waals surface area (Å²) >= 11 is 0. The second kappa shape index (κ2) is 21.2. The Labute approximate surface area is 258 Å².